The Morgan fingerprint density at radius 1 is 1.32 bits per heavy atom. The van der Waals surface area contributed by atoms with Crippen molar-refractivity contribution in [2.45, 2.75) is 6.10 Å². The molecule has 1 saturated heterocycles. The molecule has 106 valence electrons. The Bertz CT molecular complexity index is 412. The van der Waals surface area contributed by atoms with E-state index in [4.69, 9.17) is 27.9 Å². The van der Waals surface area contributed by atoms with E-state index in [0.29, 0.717) is 15.8 Å². The number of nitrogens with two attached hydrogens (primary N) is 1. The van der Waals surface area contributed by atoms with Crippen LogP contribution in [0.2, 0.25) is 10.0 Å². The van der Waals surface area contributed by atoms with Gasteiger partial charge in [0.25, 0.3) is 0 Å². The maximum absolute atomic E-state index is 9.98. The number of ether oxygens (including phenoxy) is 1. The van der Waals surface area contributed by atoms with Crippen molar-refractivity contribution in [1.29, 1.82) is 0 Å². The van der Waals surface area contributed by atoms with Crippen molar-refractivity contribution in [3.05, 3.63) is 28.2 Å². The first-order valence-corrected chi connectivity index (χ1v) is 7.32. The molecule has 0 saturated carbocycles. The van der Waals surface area contributed by atoms with Crippen LogP contribution in [0.4, 0.5) is 0 Å². The smallest absolute Gasteiger partial charge is 0.138 e. The number of nitrogens with one attached hydrogen (secondary N) is 1. The van der Waals surface area contributed by atoms with Crippen LogP contribution in [0.1, 0.15) is 0 Å². The van der Waals surface area contributed by atoms with Gasteiger partial charge >= 0.3 is 0 Å². The van der Waals surface area contributed by atoms with Crippen molar-refractivity contribution in [2.24, 2.45) is 0 Å². The van der Waals surface area contributed by atoms with Crippen molar-refractivity contribution in [1.82, 2.24) is 0 Å². The molecule has 6 heteroatoms. The first kappa shape index (κ1) is 14.9. The summed E-state index contributed by atoms with van der Waals surface area (Å²) in [5, 5.41) is 13.3. The lowest BCUT2D eigenvalue weighted by molar-refractivity contribution is -0.949. The molecule has 0 unspecified atom stereocenters. The molecule has 1 aromatic carbocycles. The van der Waals surface area contributed by atoms with Gasteiger partial charge in [0.2, 0.25) is 0 Å². The number of hydrogen-bond donors (Lipinski definition) is 3. The molecule has 4 nitrogen and oxygen atoms in total. The minimum Gasteiger partial charge on any atom is -0.489 e. The molecule has 4 N–H and O–H groups in total. The zero-order valence-corrected chi connectivity index (χ0v) is 12.3. The Balaban J connectivity index is 1.77. The van der Waals surface area contributed by atoms with Gasteiger partial charge in [0.05, 0.1) is 5.02 Å². The molecule has 0 spiro atoms. The molecular weight excluding hydrogens is 287 g/mol. The third-order valence-electron chi connectivity index (χ3n) is 3.25. The van der Waals surface area contributed by atoms with Crippen LogP contribution < -0.4 is 15.0 Å². The van der Waals surface area contributed by atoms with Crippen LogP contribution in [0.25, 0.3) is 0 Å². The molecule has 1 aliphatic heterocycles. The maximum Gasteiger partial charge on any atom is 0.138 e. The fraction of sp³-hybridized carbons (Fsp3) is 0.538. The molecule has 0 aliphatic carbocycles. The Morgan fingerprint density at radius 2 is 2.05 bits per heavy atom. The molecule has 19 heavy (non-hydrogen) atoms. The first-order valence-electron chi connectivity index (χ1n) is 6.56. The van der Waals surface area contributed by atoms with Gasteiger partial charge in [-0.3, -0.25) is 0 Å². The molecule has 1 heterocycles. The van der Waals surface area contributed by atoms with E-state index >= 15 is 0 Å². The summed E-state index contributed by atoms with van der Waals surface area (Å²) in [6.45, 7) is 5.43. The van der Waals surface area contributed by atoms with Crippen molar-refractivity contribution >= 4 is 23.2 Å². The van der Waals surface area contributed by atoms with E-state index in [1.54, 1.807) is 18.2 Å². The highest BCUT2D eigenvalue weighted by atomic mass is 35.5. The number of rotatable bonds is 5. The van der Waals surface area contributed by atoms with Crippen molar-refractivity contribution in [3.63, 3.8) is 0 Å². The van der Waals surface area contributed by atoms with Crippen molar-refractivity contribution in [3.8, 4) is 5.75 Å². The Morgan fingerprint density at radius 3 is 2.74 bits per heavy atom. The van der Waals surface area contributed by atoms with Crippen LogP contribution in [0.5, 0.6) is 5.75 Å². The van der Waals surface area contributed by atoms with Crippen LogP contribution in [-0.2, 0) is 0 Å². The van der Waals surface area contributed by atoms with Crippen LogP contribution in [-0.4, -0.2) is 50.5 Å². The van der Waals surface area contributed by atoms with E-state index in [1.165, 1.54) is 4.90 Å². The van der Waals surface area contributed by atoms with Gasteiger partial charge < -0.3 is 20.1 Å². The average Bonchev–Trinajstić information content (AvgIpc) is 2.39. The Hall–Kier alpha value is -0.520. The van der Waals surface area contributed by atoms with E-state index in [1.807, 2.05) is 0 Å². The molecule has 0 bridgehead atoms. The largest absolute Gasteiger partial charge is 0.489 e. The average molecular weight is 307 g/mol. The van der Waals surface area contributed by atoms with Crippen LogP contribution in [0.15, 0.2) is 18.2 Å². The zero-order valence-electron chi connectivity index (χ0n) is 10.7. The van der Waals surface area contributed by atoms with E-state index in [2.05, 4.69) is 5.32 Å². The predicted molar refractivity (Wildman–Crippen MR) is 75.2 cm³/mol. The number of aliphatic hydroxyl groups is 1. The van der Waals surface area contributed by atoms with Crippen LogP contribution in [0, 0.1) is 0 Å². The summed E-state index contributed by atoms with van der Waals surface area (Å²) in [5.41, 5.74) is 0. The standard InChI is InChI=1S/C13H18Cl2N2O2/c14-10-1-2-13(12(15)7-10)19-9-11(18)8-17-5-3-16-4-6-17/h1-2,7,11,16,18H,3-6,8-9H2/p+2/t11-/m0/s1. The van der Waals surface area contributed by atoms with Crippen molar-refractivity contribution < 1.29 is 20.1 Å². The van der Waals surface area contributed by atoms with Gasteiger partial charge in [0.15, 0.2) is 0 Å². The number of quaternary nitrogens is 2. The third-order valence-corrected chi connectivity index (χ3v) is 3.78. The van der Waals surface area contributed by atoms with E-state index < -0.39 is 6.10 Å². The summed E-state index contributed by atoms with van der Waals surface area (Å²) in [7, 11) is 0. The number of benzene rings is 1. The number of piperazine rings is 1. The molecular formula is C13H20Cl2N2O2+2. The van der Waals surface area contributed by atoms with E-state index in [-0.39, 0.29) is 6.61 Å². The number of aliphatic hydroxyl groups excluding tert-OH is 1. The molecule has 2 rings (SSSR count). The summed E-state index contributed by atoms with van der Waals surface area (Å²) in [5.74, 6) is 0.562. The van der Waals surface area contributed by atoms with Gasteiger partial charge in [-0.1, -0.05) is 23.2 Å². The lowest BCUT2D eigenvalue weighted by Gasteiger charge is -2.24. The zero-order chi connectivity index (χ0) is 13.7. The fourth-order valence-corrected chi connectivity index (χ4v) is 2.72. The summed E-state index contributed by atoms with van der Waals surface area (Å²) < 4.78 is 5.53. The quantitative estimate of drug-likeness (QED) is 0.667. The van der Waals surface area contributed by atoms with Crippen LogP contribution >= 0.6 is 23.2 Å². The molecule has 1 aliphatic rings. The van der Waals surface area contributed by atoms with E-state index in [9.17, 15) is 5.11 Å². The summed E-state index contributed by atoms with van der Waals surface area (Å²) in [6, 6.07) is 5.08. The Kier molecular flexibility index (Phi) is 5.73. The Labute approximate surface area is 123 Å². The molecule has 1 atom stereocenters. The monoisotopic (exact) mass is 306 g/mol. The highest BCUT2D eigenvalue weighted by Gasteiger charge is 2.20. The van der Waals surface area contributed by atoms with Crippen LogP contribution in [0.3, 0.4) is 0 Å². The van der Waals surface area contributed by atoms with Gasteiger partial charge in [0.1, 0.15) is 51.2 Å². The fourth-order valence-electron chi connectivity index (χ4n) is 2.26. The maximum atomic E-state index is 9.98. The lowest BCUT2D eigenvalue weighted by atomic mass is 10.3. The SMILES string of the molecule is O[C@H](COc1ccc(Cl)cc1Cl)C[NH+]1CC[NH2+]CC1. The van der Waals surface area contributed by atoms with Gasteiger partial charge in [-0.25, -0.2) is 0 Å². The molecule has 1 fully saturated rings. The molecule has 0 radical (unpaired) electrons. The molecule has 0 aromatic heterocycles. The molecule has 1 aromatic rings. The number of halogens is 2. The first-order chi connectivity index (χ1) is 9.15. The minimum atomic E-state index is -0.472. The van der Waals surface area contributed by atoms with E-state index in [0.717, 1.165) is 32.7 Å². The van der Waals surface area contributed by atoms with Gasteiger partial charge in [-0.2, -0.15) is 0 Å². The van der Waals surface area contributed by atoms with Crippen molar-refractivity contribution in [2.75, 3.05) is 39.3 Å². The highest BCUT2D eigenvalue weighted by molar-refractivity contribution is 6.35. The second kappa shape index (κ2) is 7.31. The summed E-state index contributed by atoms with van der Waals surface area (Å²) >= 11 is 11.8. The number of hydrogen-bond acceptors (Lipinski definition) is 2. The predicted octanol–water partition coefficient (Wildman–Crippen LogP) is -0.805. The lowest BCUT2D eigenvalue weighted by Crippen LogP contribution is -3.21. The van der Waals surface area contributed by atoms with Gasteiger partial charge in [0, 0.05) is 5.02 Å². The summed E-state index contributed by atoms with van der Waals surface area (Å²) in [4.78, 5) is 1.43. The second-order valence-electron chi connectivity index (χ2n) is 4.86. The van der Waals surface area contributed by atoms with Gasteiger partial charge in [-0.05, 0) is 18.2 Å². The normalized spacial score (nSPS) is 18.3. The second-order valence-corrected chi connectivity index (χ2v) is 5.70. The molecule has 0 amide bonds. The topological polar surface area (TPSA) is 50.5 Å². The third kappa shape index (κ3) is 4.82. The van der Waals surface area contributed by atoms with Gasteiger partial charge in [-0.15, -0.1) is 0 Å². The minimum absolute atomic E-state index is 0.258. The highest BCUT2D eigenvalue weighted by Crippen LogP contribution is 2.27. The summed E-state index contributed by atoms with van der Waals surface area (Å²) in [6.07, 6.45) is -0.472.